The van der Waals surface area contributed by atoms with Gasteiger partial charge in [0.25, 0.3) is 5.91 Å². The lowest BCUT2D eigenvalue weighted by Gasteiger charge is -2.22. The number of imide groups is 1. The maximum absolute atomic E-state index is 13.8. The van der Waals surface area contributed by atoms with E-state index < -0.39 is 17.4 Å². The summed E-state index contributed by atoms with van der Waals surface area (Å²) >= 11 is 0. The number of carbonyl (C=O) groups is 2. The largest absolute Gasteiger partial charge is 0.494 e. The molecule has 0 saturated carbocycles. The van der Waals surface area contributed by atoms with Gasteiger partial charge in [-0.2, -0.15) is 0 Å². The molecule has 0 unspecified atom stereocenters. The SMILES string of the molecule is COc1ccc(CN2C(=O)N[C@](C)(c3ccc(C)cc3)C2=O)cc1F. The first-order chi connectivity index (χ1) is 11.8. The fourth-order valence-electron chi connectivity index (χ4n) is 2.91. The molecule has 1 saturated heterocycles. The van der Waals surface area contributed by atoms with Gasteiger partial charge in [0.2, 0.25) is 0 Å². The Kier molecular flexibility index (Phi) is 4.20. The third-order valence-electron chi connectivity index (χ3n) is 4.46. The molecule has 0 radical (unpaired) electrons. The lowest BCUT2D eigenvalue weighted by Crippen LogP contribution is -2.40. The number of ether oxygens (including phenoxy) is 1. The van der Waals surface area contributed by atoms with Crippen molar-refractivity contribution in [2.45, 2.75) is 25.9 Å². The van der Waals surface area contributed by atoms with Gasteiger partial charge < -0.3 is 10.1 Å². The van der Waals surface area contributed by atoms with Gasteiger partial charge in [0.05, 0.1) is 13.7 Å². The van der Waals surface area contributed by atoms with Gasteiger partial charge in [0.15, 0.2) is 11.6 Å². The molecule has 3 amide bonds. The number of urea groups is 1. The molecule has 2 aromatic rings. The van der Waals surface area contributed by atoms with Crippen molar-refractivity contribution in [3.63, 3.8) is 0 Å². The average molecular weight is 342 g/mol. The zero-order chi connectivity index (χ0) is 18.2. The number of carbonyl (C=O) groups excluding carboxylic acids is 2. The molecule has 25 heavy (non-hydrogen) atoms. The molecule has 1 atom stereocenters. The van der Waals surface area contributed by atoms with Crippen molar-refractivity contribution in [3.8, 4) is 5.75 Å². The number of hydrogen-bond acceptors (Lipinski definition) is 3. The van der Waals surface area contributed by atoms with E-state index >= 15 is 0 Å². The molecule has 1 aliphatic heterocycles. The van der Waals surface area contributed by atoms with E-state index in [1.165, 1.54) is 19.2 Å². The highest BCUT2D eigenvalue weighted by Gasteiger charge is 2.48. The lowest BCUT2D eigenvalue weighted by molar-refractivity contribution is -0.131. The second-order valence-electron chi connectivity index (χ2n) is 6.28. The van der Waals surface area contributed by atoms with Crippen LogP contribution in [0.5, 0.6) is 5.75 Å². The van der Waals surface area contributed by atoms with E-state index in [-0.39, 0.29) is 18.2 Å². The van der Waals surface area contributed by atoms with Gasteiger partial charge >= 0.3 is 6.03 Å². The number of nitrogens with one attached hydrogen (secondary N) is 1. The molecule has 1 fully saturated rings. The Balaban J connectivity index is 1.86. The number of hydrogen-bond donors (Lipinski definition) is 1. The number of rotatable bonds is 4. The molecule has 1 aliphatic rings. The van der Waals surface area contributed by atoms with Gasteiger partial charge in [0, 0.05) is 0 Å². The summed E-state index contributed by atoms with van der Waals surface area (Å²) < 4.78 is 18.7. The molecule has 3 rings (SSSR count). The van der Waals surface area contributed by atoms with Crippen molar-refractivity contribution < 1.29 is 18.7 Å². The molecular formula is C19H19FN2O3. The summed E-state index contributed by atoms with van der Waals surface area (Å²) in [6.45, 7) is 3.62. The van der Waals surface area contributed by atoms with Crippen LogP contribution in [0.1, 0.15) is 23.6 Å². The van der Waals surface area contributed by atoms with Crippen LogP contribution in [0.15, 0.2) is 42.5 Å². The minimum Gasteiger partial charge on any atom is -0.494 e. The Morgan fingerprint density at radius 1 is 1.16 bits per heavy atom. The number of halogens is 1. The molecule has 0 spiro atoms. The van der Waals surface area contributed by atoms with Gasteiger partial charge in [0.1, 0.15) is 5.54 Å². The van der Waals surface area contributed by atoms with Gasteiger partial charge in [-0.3, -0.25) is 9.69 Å². The molecule has 1 heterocycles. The topological polar surface area (TPSA) is 58.6 Å². The van der Waals surface area contributed by atoms with E-state index in [0.717, 1.165) is 10.5 Å². The van der Waals surface area contributed by atoms with Crippen LogP contribution < -0.4 is 10.1 Å². The molecule has 1 N–H and O–H groups in total. The fourth-order valence-corrected chi connectivity index (χ4v) is 2.91. The van der Waals surface area contributed by atoms with E-state index in [9.17, 15) is 14.0 Å². The van der Waals surface area contributed by atoms with Gasteiger partial charge in [-0.1, -0.05) is 35.9 Å². The quantitative estimate of drug-likeness (QED) is 0.869. The van der Waals surface area contributed by atoms with Crippen LogP contribution in [0.25, 0.3) is 0 Å². The Hall–Kier alpha value is -2.89. The highest BCUT2D eigenvalue weighted by Crippen LogP contribution is 2.30. The Morgan fingerprint density at radius 2 is 1.84 bits per heavy atom. The average Bonchev–Trinajstić information content (AvgIpc) is 2.80. The van der Waals surface area contributed by atoms with Crippen LogP contribution in [0.4, 0.5) is 9.18 Å². The normalized spacial score (nSPS) is 19.9. The van der Waals surface area contributed by atoms with E-state index in [0.29, 0.717) is 11.1 Å². The molecule has 5 nitrogen and oxygen atoms in total. The number of methoxy groups -OCH3 is 1. The monoisotopic (exact) mass is 342 g/mol. The Morgan fingerprint density at radius 3 is 2.44 bits per heavy atom. The first kappa shape index (κ1) is 17.0. The van der Waals surface area contributed by atoms with Crippen LogP contribution in [0.2, 0.25) is 0 Å². The molecule has 0 aromatic heterocycles. The number of amides is 3. The highest BCUT2D eigenvalue weighted by molar-refractivity contribution is 6.07. The van der Waals surface area contributed by atoms with Crippen LogP contribution in [0, 0.1) is 12.7 Å². The fraction of sp³-hybridized carbons (Fsp3) is 0.263. The van der Waals surface area contributed by atoms with Gasteiger partial charge in [-0.05, 0) is 37.1 Å². The summed E-state index contributed by atoms with van der Waals surface area (Å²) in [6, 6.07) is 11.3. The van der Waals surface area contributed by atoms with Crippen molar-refractivity contribution in [2.24, 2.45) is 0 Å². The van der Waals surface area contributed by atoms with Crippen molar-refractivity contribution >= 4 is 11.9 Å². The second kappa shape index (κ2) is 6.20. The van der Waals surface area contributed by atoms with Crippen LogP contribution in [-0.2, 0) is 16.9 Å². The van der Waals surface area contributed by atoms with E-state index in [1.54, 1.807) is 13.0 Å². The third-order valence-corrected chi connectivity index (χ3v) is 4.46. The number of aryl methyl sites for hydroxylation is 1. The van der Waals surface area contributed by atoms with Crippen molar-refractivity contribution in [1.29, 1.82) is 0 Å². The van der Waals surface area contributed by atoms with E-state index in [2.05, 4.69) is 5.32 Å². The maximum Gasteiger partial charge on any atom is 0.325 e. The van der Waals surface area contributed by atoms with Crippen LogP contribution >= 0.6 is 0 Å². The van der Waals surface area contributed by atoms with Gasteiger partial charge in [-0.25, -0.2) is 9.18 Å². The standard InChI is InChI=1S/C19H19FN2O3/c1-12-4-7-14(8-5-12)19(2)17(23)22(18(24)21-19)11-13-6-9-16(25-3)15(20)10-13/h4-10H,11H2,1-3H3,(H,21,24)/t19-/m1/s1. The van der Waals surface area contributed by atoms with Crippen LogP contribution in [-0.4, -0.2) is 23.9 Å². The highest BCUT2D eigenvalue weighted by atomic mass is 19.1. The third kappa shape index (κ3) is 2.95. The lowest BCUT2D eigenvalue weighted by atomic mass is 9.91. The minimum absolute atomic E-state index is 0.00691. The summed E-state index contributed by atoms with van der Waals surface area (Å²) in [7, 11) is 1.38. The van der Waals surface area contributed by atoms with Crippen LogP contribution in [0.3, 0.4) is 0 Å². The molecule has 0 aliphatic carbocycles. The smallest absolute Gasteiger partial charge is 0.325 e. The van der Waals surface area contributed by atoms with E-state index in [1.807, 2.05) is 31.2 Å². The first-order valence-corrected chi connectivity index (χ1v) is 7.89. The minimum atomic E-state index is -1.13. The summed E-state index contributed by atoms with van der Waals surface area (Å²) in [5, 5.41) is 2.74. The number of nitrogens with zero attached hydrogens (tertiary/aromatic N) is 1. The summed E-state index contributed by atoms with van der Waals surface area (Å²) in [5.41, 5.74) is 1.15. The van der Waals surface area contributed by atoms with Crippen molar-refractivity contribution in [1.82, 2.24) is 10.2 Å². The summed E-state index contributed by atoms with van der Waals surface area (Å²) in [4.78, 5) is 26.3. The summed E-state index contributed by atoms with van der Waals surface area (Å²) in [5.74, 6) is -0.781. The molecule has 130 valence electrons. The molecular weight excluding hydrogens is 323 g/mol. The predicted molar refractivity (Wildman–Crippen MR) is 90.6 cm³/mol. The summed E-state index contributed by atoms with van der Waals surface area (Å²) in [6.07, 6.45) is 0. The predicted octanol–water partition coefficient (Wildman–Crippen LogP) is 3.11. The molecule has 0 bridgehead atoms. The maximum atomic E-state index is 13.8. The zero-order valence-electron chi connectivity index (χ0n) is 14.3. The van der Waals surface area contributed by atoms with Crippen molar-refractivity contribution in [2.75, 3.05) is 7.11 Å². The first-order valence-electron chi connectivity index (χ1n) is 7.89. The molecule has 2 aromatic carbocycles. The second-order valence-corrected chi connectivity index (χ2v) is 6.28. The Bertz CT molecular complexity index is 835. The van der Waals surface area contributed by atoms with Gasteiger partial charge in [-0.15, -0.1) is 0 Å². The molecule has 6 heteroatoms. The zero-order valence-corrected chi connectivity index (χ0v) is 14.3. The Labute approximate surface area is 145 Å². The van der Waals surface area contributed by atoms with Crippen molar-refractivity contribution in [3.05, 3.63) is 65.0 Å². The van der Waals surface area contributed by atoms with E-state index in [4.69, 9.17) is 4.74 Å². The number of benzene rings is 2.